The summed E-state index contributed by atoms with van der Waals surface area (Å²) in [6.07, 6.45) is 0. The summed E-state index contributed by atoms with van der Waals surface area (Å²) < 4.78 is 34.9. The third-order valence-corrected chi connectivity index (χ3v) is 0. The van der Waals surface area contributed by atoms with Crippen molar-refractivity contribution in [2.75, 3.05) is 7.18 Å². The van der Waals surface area contributed by atoms with Crippen LogP contribution < -0.4 is 0 Å². The Bertz CT molecular complexity index is 44.2. The van der Waals surface area contributed by atoms with Crippen molar-refractivity contribution in [3.05, 3.63) is 0 Å². The first kappa shape index (κ1) is 15.6. The van der Waals surface area contributed by atoms with E-state index in [1.165, 1.54) is 0 Å². The van der Waals surface area contributed by atoms with Gasteiger partial charge in [-0.05, 0) is 0 Å². The summed E-state index contributed by atoms with van der Waals surface area (Å²) in [4.78, 5) is 0. The van der Waals surface area contributed by atoms with Gasteiger partial charge in [-0.1, -0.05) is 0 Å². The molecule has 0 bridgehead atoms. The van der Waals surface area contributed by atoms with Crippen LogP contribution >= 0.6 is 0 Å². The maximum atomic E-state index is 9.50. The van der Waals surface area contributed by atoms with Gasteiger partial charge in [-0.3, -0.25) is 4.39 Å². The molecule has 0 radical (unpaired) electrons. The second-order valence-electron chi connectivity index (χ2n) is 0.0833. The Balaban J connectivity index is -0.0000000360. The molecule has 0 unspecified atom stereocenters. The first-order valence-electron chi connectivity index (χ1n) is 1.07. The summed E-state index contributed by atoms with van der Waals surface area (Å²) in [7, 11) is 0.500. The molecule has 0 aliphatic carbocycles. The van der Waals surface area contributed by atoms with Crippen LogP contribution in [0.5, 0.6) is 0 Å². The van der Waals surface area contributed by atoms with Crippen LogP contribution in [0.4, 0.5) is 4.39 Å². The quantitative estimate of drug-likeness (QED) is 0.520. The molecule has 7 heavy (non-hydrogen) atoms. The van der Waals surface area contributed by atoms with E-state index >= 15 is 0 Å². The third-order valence-electron chi connectivity index (χ3n) is 0. The fourth-order valence-electron chi connectivity index (χ4n) is 0. The molecule has 0 N–H and O–H groups in total. The molecule has 0 heterocycles. The summed E-state index contributed by atoms with van der Waals surface area (Å²) in [5, 5.41) is 0. The summed E-state index contributed by atoms with van der Waals surface area (Å²) >= 11 is -1.88. The van der Waals surface area contributed by atoms with Crippen LogP contribution in [-0.4, -0.2) is 7.18 Å². The molecule has 38 valence electrons. The van der Waals surface area contributed by atoms with Crippen LogP contribution in [0, 0.1) is 0 Å². The van der Waals surface area contributed by atoms with Gasteiger partial charge in [0.05, 0.1) is 7.18 Å². The van der Waals surface area contributed by atoms with Gasteiger partial charge in [-0.25, -0.2) is 0 Å². The van der Waals surface area contributed by atoms with Crippen LogP contribution in [0.2, 0.25) is 0 Å². The van der Waals surface area contributed by atoms with E-state index in [1.807, 2.05) is 0 Å². The molecule has 0 saturated heterocycles. The van der Waals surface area contributed by atoms with E-state index in [1.54, 1.807) is 0 Å². The van der Waals surface area contributed by atoms with Crippen LogP contribution in [0.25, 0.3) is 0 Å². The molecule has 0 aromatic carbocycles. The topological polar surface area (TPSA) is 51.2 Å². The van der Waals surface area contributed by atoms with Gasteiger partial charge < -0.3 is 0 Å². The molecule has 0 spiro atoms. The predicted octanol–water partition coefficient (Wildman–Crippen LogP) is 0.224. The van der Waals surface area contributed by atoms with E-state index in [9.17, 15) is 4.39 Å². The second-order valence-corrected chi connectivity index (χ2v) is 0.344. The Morgan fingerprint density at radius 3 is 1.29 bits per heavy atom. The fraction of sp³-hybridized carbons (Fsp3) is 1.00. The molecule has 0 rings (SSSR count). The normalized spacial score (nSPS) is 2.86. The maximum absolute atomic E-state index is 9.50. The molecule has 0 atom stereocenters. The Labute approximate surface area is 59.2 Å². The van der Waals surface area contributed by atoms with Crippen molar-refractivity contribution in [1.82, 2.24) is 0 Å². The minimum absolute atomic E-state index is 0.125. The van der Waals surface area contributed by atoms with Gasteiger partial charge in [-0.2, -0.15) is 0 Å². The van der Waals surface area contributed by atoms with Crippen molar-refractivity contribution in [2.45, 2.75) is 0 Å². The summed E-state index contributed by atoms with van der Waals surface area (Å²) in [6.45, 7) is 0. The SMILES string of the molecule is CF.[O]=[Ti]=[O].[O]=[Zn]. The average molecular weight is 195 g/mol. The van der Waals surface area contributed by atoms with Crippen molar-refractivity contribution >= 4 is 0 Å². The van der Waals surface area contributed by atoms with Crippen LogP contribution in [-0.2, 0) is 47.6 Å². The van der Waals surface area contributed by atoms with E-state index in [4.69, 9.17) is 10.2 Å². The molecule has 0 aliphatic rings. The van der Waals surface area contributed by atoms with E-state index in [-0.39, 0.29) is 18.3 Å². The molecule has 0 aromatic heterocycles. The molecule has 0 aliphatic heterocycles. The molecule has 6 heteroatoms. The van der Waals surface area contributed by atoms with Crippen LogP contribution in [0.1, 0.15) is 0 Å². The first-order chi connectivity index (χ1) is 3.41. The Hall–Kier alpha value is 0.668. The van der Waals surface area contributed by atoms with Gasteiger partial charge >= 0.3 is 47.6 Å². The summed E-state index contributed by atoms with van der Waals surface area (Å²) in [6, 6.07) is 0. The first-order valence-corrected chi connectivity index (χ1v) is 3.56. The number of alkyl halides is 1. The monoisotopic (exact) mass is 194 g/mol. The molecular weight excluding hydrogens is 192 g/mol. The van der Waals surface area contributed by atoms with Crippen LogP contribution in [0.15, 0.2) is 0 Å². The Kier molecular flexibility index (Phi) is 172. The van der Waals surface area contributed by atoms with Crippen molar-refractivity contribution < 1.29 is 52.0 Å². The van der Waals surface area contributed by atoms with Gasteiger partial charge in [-0.15, -0.1) is 0 Å². The number of rotatable bonds is 0. The van der Waals surface area contributed by atoms with Gasteiger partial charge in [0.1, 0.15) is 0 Å². The average Bonchev–Trinajstić information content (AvgIpc) is 1.78. The van der Waals surface area contributed by atoms with E-state index in [2.05, 4.69) is 0 Å². The molecule has 0 fully saturated rings. The third kappa shape index (κ3) is 326. The van der Waals surface area contributed by atoms with Crippen molar-refractivity contribution in [1.29, 1.82) is 0 Å². The van der Waals surface area contributed by atoms with Crippen molar-refractivity contribution in [3.63, 3.8) is 0 Å². The summed E-state index contributed by atoms with van der Waals surface area (Å²) in [5.41, 5.74) is 0. The van der Waals surface area contributed by atoms with Gasteiger partial charge in [0.15, 0.2) is 0 Å². The predicted molar refractivity (Wildman–Crippen MR) is 9.09 cm³/mol. The zero-order valence-corrected chi connectivity index (χ0v) is 8.34. The van der Waals surface area contributed by atoms with Gasteiger partial charge in [0, 0.05) is 0 Å². The Morgan fingerprint density at radius 2 is 1.29 bits per heavy atom. The van der Waals surface area contributed by atoms with Crippen molar-refractivity contribution in [2.24, 2.45) is 0 Å². The second kappa shape index (κ2) is 77.0. The molecule has 0 amide bonds. The van der Waals surface area contributed by atoms with E-state index in [0.29, 0.717) is 7.18 Å². The van der Waals surface area contributed by atoms with Gasteiger partial charge in [0.25, 0.3) is 0 Å². The minimum atomic E-state index is -2.00. The zero-order chi connectivity index (χ0) is 6.71. The molecular formula is CH3FO3TiZn. The molecule has 0 saturated carbocycles. The molecule has 3 nitrogen and oxygen atoms in total. The number of hydrogen-bond acceptors (Lipinski definition) is 3. The van der Waals surface area contributed by atoms with E-state index in [0.717, 1.165) is 0 Å². The fourth-order valence-corrected chi connectivity index (χ4v) is 0. The molecule has 0 aromatic rings. The van der Waals surface area contributed by atoms with Crippen molar-refractivity contribution in [3.8, 4) is 0 Å². The number of halogens is 1. The van der Waals surface area contributed by atoms with Gasteiger partial charge in [0.2, 0.25) is 0 Å². The van der Waals surface area contributed by atoms with Crippen LogP contribution in [0.3, 0.4) is 0 Å². The standard InChI is InChI=1S/CH3F.3O.Ti.Zn/c1-2;;;;;/h1H3;;;;;. The zero-order valence-electron chi connectivity index (χ0n) is 3.81. The van der Waals surface area contributed by atoms with E-state index < -0.39 is 19.1 Å². The Morgan fingerprint density at radius 1 is 1.29 bits per heavy atom. The number of hydrogen-bond donors (Lipinski definition) is 0. The summed E-state index contributed by atoms with van der Waals surface area (Å²) in [5.74, 6) is 0.